The Balaban J connectivity index is 0.000000980. The maximum Gasteiger partial charge on any atom is 0.0294 e. The third-order valence-electron chi connectivity index (χ3n) is 2.43. The Morgan fingerprint density at radius 3 is 2.36 bits per heavy atom. The first kappa shape index (κ1) is 12.0. The molecule has 0 spiro atoms. The molecule has 0 saturated heterocycles. The monoisotopic (exact) mass is 275 g/mol. The molecule has 1 aliphatic rings. The van der Waals surface area contributed by atoms with Crippen LogP contribution in [0.3, 0.4) is 0 Å². The summed E-state index contributed by atoms with van der Waals surface area (Å²) in [7, 11) is 0. The fraction of sp³-hybridized carbons (Fsp3) is 0.455. The van der Waals surface area contributed by atoms with Gasteiger partial charge in [-0.05, 0) is 37.5 Å². The van der Waals surface area contributed by atoms with E-state index in [1.165, 1.54) is 18.4 Å². The molecular formula is C11H15BrClN. The minimum absolute atomic E-state index is 0. The number of halogens is 2. The van der Waals surface area contributed by atoms with E-state index in [4.69, 9.17) is 0 Å². The summed E-state index contributed by atoms with van der Waals surface area (Å²) >= 11 is 3.44. The van der Waals surface area contributed by atoms with Crippen molar-refractivity contribution in [1.82, 2.24) is 5.32 Å². The van der Waals surface area contributed by atoms with Crippen molar-refractivity contribution in [1.29, 1.82) is 0 Å². The minimum Gasteiger partial charge on any atom is -0.307 e. The van der Waals surface area contributed by atoms with Gasteiger partial charge in [0.15, 0.2) is 0 Å². The van der Waals surface area contributed by atoms with Crippen molar-refractivity contribution < 1.29 is 0 Å². The largest absolute Gasteiger partial charge is 0.307 e. The van der Waals surface area contributed by atoms with E-state index >= 15 is 0 Å². The molecule has 0 heterocycles. The van der Waals surface area contributed by atoms with E-state index in [-0.39, 0.29) is 12.4 Å². The Hall–Kier alpha value is -0.0500. The highest BCUT2D eigenvalue weighted by Gasteiger charge is 2.22. The van der Waals surface area contributed by atoms with Crippen LogP contribution in [0.5, 0.6) is 0 Å². The van der Waals surface area contributed by atoms with Crippen LogP contribution in [0.2, 0.25) is 0 Å². The second-order valence-electron chi connectivity index (χ2n) is 3.71. The molecule has 3 heteroatoms. The van der Waals surface area contributed by atoms with E-state index in [9.17, 15) is 0 Å². The predicted molar refractivity (Wildman–Crippen MR) is 66.0 cm³/mol. The number of hydrogen-bond donors (Lipinski definition) is 1. The van der Waals surface area contributed by atoms with Gasteiger partial charge in [0.2, 0.25) is 0 Å². The van der Waals surface area contributed by atoms with Gasteiger partial charge in [0.1, 0.15) is 0 Å². The third kappa shape index (κ3) is 3.26. The number of nitrogens with one attached hydrogen (secondary N) is 1. The lowest BCUT2D eigenvalue weighted by Gasteiger charge is -2.13. The van der Waals surface area contributed by atoms with E-state index in [2.05, 4.69) is 52.4 Å². The van der Waals surface area contributed by atoms with Crippen molar-refractivity contribution in [3.05, 3.63) is 34.3 Å². The zero-order valence-corrected chi connectivity index (χ0v) is 10.6. The first-order valence-corrected chi connectivity index (χ1v) is 5.56. The Morgan fingerprint density at radius 1 is 1.29 bits per heavy atom. The van der Waals surface area contributed by atoms with Gasteiger partial charge in [-0.2, -0.15) is 0 Å². The lowest BCUT2D eigenvalue weighted by atomic mass is 10.1. The fourth-order valence-electron chi connectivity index (χ4n) is 1.45. The number of rotatable bonds is 3. The molecule has 0 aliphatic heterocycles. The molecule has 1 aromatic rings. The molecule has 1 aliphatic carbocycles. The minimum atomic E-state index is 0. The molecule has 1 N–H and O–H groups in total. The summed E-state index contributed by atoms with van der Waals surface area (Å²) in [5.74, 6) is 0. The van der Waals surface area contributed by atoms with Crippen LogP contribution in [0, 0.1) is 0 Å². The van der Waals surface area contributed by atoms with Gasteiger partial charge in [-0.3, -0.25) is 0 Å². The van der Waals surface area contributed by atoms with Crippen LogP contribution < -0.4 is 5.32 Å². The van der Waals surface area contributed by atoms with Crippen molar-refractivity contribution in [2.75, 3.05) is 0 Å². The van der Waals surface area contributed by atoms with Gasteiger partial charge in [-0.1, -0.05) is 28.1 Å². The molecule has 1 fully saturated rings. The van der Waals surface area contributed by atoms with Crippen LogP contribution >= 0.6 is 28.3 Å². The first-order valence-electron chi connectivity index (χ1n) is 4.77. The van der Waals surface area contributed by atoms with E-state index in [1.807, 2.05) is 0 Å². The summed E-state index contributed by atoms with van der Waals surface area (Å²) in [6.07, 6.45) is 2.70. The predicted octanol–water partition coefficient (Wildman–Crippen LogP) is 3.68. The topological polar surface area (TPSA) is 12.0 Å². The molecule has 2 rings (SSSR count). The molecule has 1 aromatic carbocycles. The second-order valence-corrected chi connectivity index (χ2v) is 4.63. The van der Waals surface area contributed by atoms with Crippen molar-refractivity contribution >= 4 is 28.3 Å². The summed E-state index contributed by atoms with van der Waals surface area (Å²) in [6.45, 7) is 2.22. The van der Waals surface area contributed by atoms with Crippen LogP contribution in [-0.4, -0.2) is 6.04 Å². The summed E-state index contributed by atoms with van der Waals surface area (Å²) in [5, 5.41) is 3.57. The first-order chi connectivity index (χ1) is 6.25. The number of benzene rings is 1. The highest BCUT2D eigenvalue weighted by Crippen LogP contribution is 2.24. The quantitative estimate of drug-likeness (QED) is 0.888. The molecule has 0 radical (unpaired) electrons. The van der Waals surface area contributed by atoms with E-state index in [0.717, 1.165) is 10.5 Å². The zero-order chi connectivity index (χ0) is 9.26. The molecule has 0 bridgehead atoms. The Bertz CT molecular complexity index is 282. The van der Waals surface area contributed by atoms with Gasteiger partial charge in [-0.25, -0.2) is 0 Å². The lowest BCUT2D eigenvalue weighted by Crippen LogP contribution is -2.20. The molecule has 78 valence electrons. The van der Waals surface area contributed by atoms with Gasteiger partial charge in [0.25, 0.3) is 0 Å². The number of hydrogen-bond acceptors (Lipinski definition) is 1. The average Bonchev–Trinajstić information content (AvgIpc) is 2.89. The van der Waals surface area contributed by atoms with Crippen molar-refractivity contribution in [2.45, 2.75) is 31.8 Å². The van der Waals surface area contributed by atoms with Crippen molar-refractivity contribution in [2.24, 2.45) is 0 Å². The van der Waals surface area contributed by atoms with Crippen LogP contribution in [0.25, 0.3) is 0 Å². The zero-order valence-electron chi connectivity index (χ0n) is 8.16. The van der Waals surface area contributed by atoms with Crippen LogP contribution in [0.1, 0.15) is 31.4 Å². The molecule has 0 amide bonds. The molecular weight excluding hydrogens is 261 g/mol. The van der Waals surface area contributed by atoms with E-state index in [0.29, 0.717) is 6.04 Å². The van der Waals surface area contributed by atoms with Gasteiger partial charge in [0.05, 0.1) is 0 Å². The van der Waals surface area contributed by atoms with Gasteiger partial charge < -0.3 is 5.32 Å². The third-order valence-corrected chi connectivity index (χ3v) is 2.96. The highest BCUT2D eigenvalue weighted by atomic mass is 79.9. The van der Waals surface area contributed by atoms with Crippen molar-refractivity contribution in [3.8, 4) is 0 Å². The Morgan fingerprint density at radius 2 is 1.86 bits per heavy atom. The molecule has 1 atom stereocenters. The summed E-state index contributed by atoms with van der Waals surface area (Å²) in [4.78, 5) is 0. The van der Waals surface area contributed by atoms with Gasteiger partial charge >= 0.3 is 0 Å². The highest BCUT2D eigenvalue weighted by molar-refractivity contribution is 9.10. The maximum absolute atomic E-state index is 3.57. The summed E-state index contributed by atoms with van der Waals surface area (Å²) in [6, 6.07) is 9.80. The SMILES string of the molecule is C[C@H](NC1CC1)c1ccc(Br)cc1.Cl. The summed E-state index contributed by atoms with van der Waals surface area (Å²) < 4.78 is 1.15. The van der Waals surface area contributed by atoms with Crippen LogP contribution in [0.4, 0.5) is 0 Å². The Labute approximate surface area is 99.8 Å². The van der Waals surface area contributed by atoms with Crippen molar-refractivity contribution in [3.63, 3.8) is 0 Å². The lowest BCUT2D eigenvalue weighted by molar-refractivity contribution is 0.571. The molecule has 1 saturated carbocycles. The van der Waals surface area contributed by atoms with Crippen LogP contribution in [-0.2, 0) is 0 Å². The Kier molecular flexibility index (Phi) is 4.42. The fourth-order valence-corrected chi connectivity index (χ4v) is 1.72. The second kappa shape index (κ2) is 5.15. The molecule has 0 aromatic heterocycles. The molecule has 0 unspecified atom stereocenters. The van der Waals surface area contributed by atoms with Crippen LogP contribution in [0.15, 0.2) is 28.7 Å². The smallest absolute Gasteiger partial charge is 0.0294 e. The maximum atomic E-state index is 3.57. The average molecular weight is 277 g/mol. The van der Waals surface area contributed by atoms with E-state index < -0.39 is 0 Å². The molecule has 1 nitrogen and oxygen atoms in total. The summed E-state index contributed by atoms with van der Waals surface area (Å²) in [5.41, 5.74) is 1.37. The van der Waals surface area contributed by atoms with Gasteiger partial charge in [-0.15, -0.1) is 12.4 Å². The molecule has 14 heavy (non-hydrogen) atoms. The normalized spacial score (nSPS) is 17.3. The van der Waals surface area contributed by atoms with E-state index in [1.54, 1.807) is 0 Å². The van der Waals surface area contributed by atoms with Gasteiger partial charge in [0, 0.05) is 16.6 Å². The standard InChI is InChI=1S/C11H14BrN.ClH/c1-8(13-11-6-7-11)9-2-4-10(12)5-3-9;/h2-5,8,11,13H,6-7H2,1H3;1H/t8-;/m0./s1.